The molecule has 0 spiro atoms. The van der Waals surface area contributed by atoms with Crippen molar-refractivity contribution in [3.8, 4) is 35.9 Å². The Morgan fingerprint density at radius 2 is 1.18 bits per heavy atom. The van der Waals surface area contributed by atoms with Gasteiger partial charge in [0.2, 0.25) is 0 Å². The minimum absolute atomic E-state index is 0.111. The Kier molecular flexibility index (Phi) is 17.0. The molecule has 0 aliphatic heterocycles. The maximum Gasteiger partial charge on any atom is 0.316 e. The van der Waals surface area contributed by atoms with E-state index in [0.29, 0.717) is 23.5 Å². The van der Waals surface area contributed by atoms with E-state index in [2.05, 4.69) is 46.2 Å². The number of sulfone groups is 2. The van der Waals surface area contributed by atoms with E-state index in [9.17, 15) is 16.8 Å². The molecule has 7 rings (SSSR count). The summed E-state index contributed by atoms with van der Waals surface area (Å²) in [6, 6.07) is 13.7. The Morgan fingerprint density at radius 3 is 1.61 bits per heavy atom. The van der Waals surface area contributed by atoms with E-state index in [0.717, 1.165) is 74.4 Å². The number of aromatic nitrogens is 7. The molecule has 2 fully saturated rings. The van der Waals surface area contributed by atoms with Crippen LogP contribution >= 0.6 is 0 Å². The van der Waals surface area contributed by atoms with Crippen LogP contribution < -0.4 is 18.9 Å². The molecule has 0 bridgehead atoms. The van der Waals surface area contributed by atoms with Crippen LogP contribution in [-0.2, 0) is 26.3 Å². The number of hydrogen-bond acceptors (Lipinski definition) is 15. The SMILES string of the molecule is C#CCOc1ccc(S(C)(=O)=O)cc1.Cc1cnc(OC2CCC(N=[N+]=[N-])CC2)nc1.Cc1cnc(OC2CCC(n3cc(COc4ccc(S(C)(=O)=O)cc4)nn3)CC2)nc1. The molecule has 20 heteroatoms. The third-order valence-electron chi connectivity index (χ3n) is 9.71. The summed E-state index contributed by atoms with van der Waals surface area (Å²) >= 11 is 0. The van der Waals surface area contributed by atoms with Gasteiger partial charge in [-0.1, -0.05) is 16.2 Å². The number of rotatable bonds is 13. The fourth-order valence-electron chi connectivity index (χ4n) is 6.37. The van der Waals surface area contributed by atoms with E-state index in [1.54, 1.807) is 49.1 Å². The van der Waals surface area contributed by atoms with Gasteiger partial charge in [-0.2, -0.15) is 0 Å². The standard InChI is InChI=1S/C21H25N5O4S.C11H15N5O.C10H10O3S/c1-15-11-22-21(23-12-15)30-19-5-3-17(4-6-19)26-13-16(24-25-26)14-29-18-7-9-20(10-8-18)31(2,27)28;1-8-6-13-11(14-7-8)17-10-4-2-9(3-5-10)15-16-12;1-3-8-13-9-4-6-10(7-5-9)14(2,11)12/h7-13,17,19H,3-6,14H2,1-2H3;6-7,9-10H,2-5H2,1H3;1,4-7H,8H2,2H3. The molecule has 2 aliphatic rings. The third kappa shape index (κ3) is 15.3. The van der Waals surface area contributed by atoms with Crippen LogP contribution in [-0.4, -0.2) is 89.1 Å². The van der Waals surface area contributed by atoms with Gasteiger partial charge in [0.15, 0.2) is 19.7 Å². The monoisotopic (exact) mass is 886 g/mol. The predicted molar refractivity (Wildman–Crippen MR) is 229 cm³/mol. The van der Waals surface area contributed by atoms with Crippen molar-refractivity contribution in [1.82, 2.24) is 34.9 Å². The molecule has 3 heterocycles. The van der Waals surface area contributed by atoms with E-state index in [1.165, 1.54) is 30.5 Å². The van der Waals surface area contributed by atoms with Crippen molar-refractivity contribution in [2.75, 3.05) is 19.1 Å². The van der Waals surface area contributed by atoms with Crippen molar-refractivity contribution in [3.05, 3.63) is 107 Å². The highest BCUT2D eigenvalue weighted by atomic mass is 32.2. The van der Waals surface area contributed by atoms with Gasteiger partial charge in [-0.15, -0.1) is 11.5 Å². The molecule has 0 N–H and O–H groups in total. The van der Waals surface area contributed by atoms with Crippen LogP contribution in [0.1, 0.15) is 74.2 Å². The maximum atomic E-state index is 11.5. The zero-order chi connectivity index (χ0) is 44.5. The summed E-state index contributed by atoms with van der Waals surface area (Å²) in [6.45, 7) is 4.33. The highest BCUT2D eigenvalue weighted by molar-refractivity contribution is 7.91. The molecule has 0 unspecified atom stereocenters. The molecule has 0 atom stereocenters. The first-order valence-corrected chi connectivity index (χ1v) is 23.6. The molecule has 5 aromatic rings. The Balaban J connectivity index is 0.000000197. The molecule has 328 valence electrons. The van der Waals surface area contributed by atoms with Gasteiger partial charge in [-0.25, -0.2) is 41.5 Å². The second-order valence-corrected chi connectivity index (χ2v) is 18.9. The van der Waals surface area contributed by atoms with Crippen LogP contribution in [0, 0.1) is 26.2 Å². The fraction of sp³-hybridized carbons (Fsp3) is 0.429. The second kappa shape index (κ2) is 22.5. The van der Waals surface area contributed by atoms with Crippen molar-refractivity contribution in [2.45, 2.75) is 106 Å². The van der Waals surface area contributed by atoms with Gasteiger partial charge in [0, 0.05) is 48.3 Å². The quantitative estimate of drug-likeness (QED) is 0.0511. The molecule has 0 saturated heterocycles. The molecule has 2 aromatic carbocycles. The van der Waals surface area contributed by atoms with Crippen LogP contribution in [0.5, 0.6) is 23.5 Å². The summed E-state index contributed by atoms with van der Waals surface area (Å²) in [5.41, 5.74) is 11.1. The minimum atomic E-state index is -3.22. The summed E-state index contributed by atoms with van der Waals surface area (Å²) in [7, 11) is -6.35. The molecule has 3 aromatic heterocycles. The van der Waals surface area contributed by atoms with Crippen molar-refractivity contribution in [1.29, 1.82) is 0 Å². The van der Waals surface area contributed by atoms with Crippen molar-refractivity contribution < 1.29 is 35.8 Å². The summed E-state index contributed by atoms with van der Waals surface area (Å²) in [5, 5.41) is 12.2. The van der Waals surface area contributed by atoms with Crippen LogP contribution in [0.3, 0.4) is 0 Å². The largest absolute Gasteiger partial charge is 0.487 e. The normalized spacial score (nSPS) is 18.5. The fourth-order valence-corrected chi connectivity index (χ4v) is 7.63. The summed E-state index contributed by atoms with van der Waals surface area (Å²) in [6.07, 6.45) is 23.7. The van der Waals surface area contributed by atoms with Gasteiger partial charge in [0.05, 0.1) is 22.0 Å². The lowest BCUT2D eigenvalue weighted by molar-refractivity contribution is 0.118. The summed E-state index contributed by atoms with van der Waals surface area (Å²) in [4.78, 5) is 20.0. The second-order valence-electron chi connectivity index (χ2n) is 14.8. The van der Waals surface area contributed by atoms with E-state index >= 15 is 0 Å². The van der Waals surface area contributed by atoms with Crippen molar-refractivity contribution in [2.24, 2.45) is 5.11 Å². The van der Waals surface area contributed by atoms with Gasteiger partial charge in [0.1, 0.15) is 42.6 Å². The van der Waals surface area contributed by atoms with Gasteiger partial charge in [-0.3, -0.25) is 0 Å². The Labute approximate surface area is 361 Å². The van der Waals surface area contributed by atoms with E-state index < -0.39 is 19.7 Å². The Bertz CT molecular complexity index is 2480. The number of benzene rings is 2. The average molecular weight is 887 g/mol. The lowest BCUT2D eigenvalue weighted by Crippen LogP contribution is -2.26. The molecular formula is C42H50N10O8S2. The van der Waals surface area contributed by atoms with Crippen LogP contribution in [0.4, 0.5) is 0 Å². The highest BCUT2D eigenvalue weighted by Crippen LogP contribution is 2.30. The van der Waals surface area contributed by atoms with E-state index in [-0.39, 0.29) is 47.3 Å². The first kappa shape index (κ1) is 46.8. The number of aryl methyl sites for hydroxylation is 2. The zero-order valence-corrected chi connectivity index (χ0v) is 36.7. The first-order valence-electron chi connectivity index (χ1n) is 19.8. The van der Waals surface area contributed by atoms with Gasteiger partial charge < -0.3 is 18.9 Å². The number of hydrogen-bond donors (Lipinski definition) is 0. The highest BCUT2D eigenvalue weighted by Gasteiger charge is 2.25. The molecule has 0 radical (unpaired) electrons. The van der Waals surface area contributed by atoms with Crippen molar-refractivity contribution >= 4 is 19.7 Å². The van der Waals surface area contributed by atoms with Gasteiger partial charge in [0.25, 0.3) is 0 Å². The number of terminal acetylenes is 1. The number of nitrogens with zero attached hydrogens (tertiary/aromatic N) is 10. The van der Waals surface area contributed by atoms with Gasteiger partial charge >= 0.3 is 12.0 Å². The van der Waals surface area contributed by atoms with Crippen LogP contribution in [0.2, 0.25) is 0 Å². The molecule has 2 aliphatic carbocycles. The Hall–Kier alpha value is -6.29. The topological polar surface area (TPSA) is 236 Å². The minimum Gasteiger partial charge on any atom is -0.487 e. The van der Waals surface area contributed by atoms with Crippen molar-refractivity contribution in [3.63, 3.8) is 0 Å². The number of azide groups is 1. The van der Waals surface area contributed by atoms with E-state index in [4.69, 9.17) is 30.9 Å². The third-order valence-corrected chi connectivity index (χ3v) is 12.0. The Morgan fingerprint density at radius 1 is 0.726 bits per heavy atom. The molecule has 2 saturated carbocycles. The first-order chi connectivity index (χ1) is 29.7. The maximum absolute atomic E-state index is 11.5. The molecule has 62 heavy (non-hydrogen) atoms. The molecule has 18 nitrogen and oxygen atoms in total. The lowest BCUT2D eigenvalue weighted by atomic mass is 9.93. The van der Waals surface area contributed by atoms with E-state index in [1.807, 2.05) is 24.7 Å². The van der Waals surface area contributed by atoms with Crippen LogP contribution in [0.15, 0.2) is 94.4 Å². The zero-order valence-electron chi connectivity index (χ0n) is 35.0. The average Bonchev–Trinajstić information content (AvgIpc) is 3.74. The molecular weight excluding hydrogens is 837 g/mol. The number of ether oxygens (including phenoxy) is 4. The summed E-state index contributed by atoms with van der Waals surface area (Å²) in [5.74, 6) is 3.47. The lowest BCUT2D eigenvalue weighted by Gasteiger charge is -2.28. The van der Waals surface area contributed by atoms with Crippen LogP contribution in [0.25, 0.3) is 10.4 Å². The smallest absolute Gasteiger partial charge is 0.316 e. The predicted octanol–water partition coefficient (Wildman–Crippen LogP) is 6.81. The molecule has 0 amide bonds. The summed E-state index contributed by atoms with van der Waals surface area (Å²) < 4.78 is 69.5. The van der Waals surface area contributed by atoms with Gasteiger partial charge in [-0.05, 0) is 130 Å².